The van der Waals surface area contributed by atoms with Crippen LogP contribution in [0.5, 0.6) is 0 Å². The Morgan fingerprint density at radius 2 is 0.914 bits per heavy atom. The fraction of sp³-hybridized carbons (Fsp3) is 0. The molecule has 58 heavy (non-hydrogen) atoms. The van der Waals surface area contributed by atoms with Gasteiger partial charge in [-0.15, -0.1) is 0 Å². The van der Waals surface area contributed by atoms with Crippen LogP contribution in [-0.4, -0.2) is 39.1 Å². The number of rotatable bonds is 10. The molecule has 0 atom stereocenters. The van der Waals surface area contributed by atoms with Gasteiger partial charge in [-0.1, -0.05) is 115 Å². The van der Waals surface area contributed by atoms with E-state index in [0.717, 1.165) is 0 Å². The van der Waals surface area contributed by atoms with Crippen molar-refractivity contribution >= 4 is 64.2 Å². The topological polar surface area (TPSA) is 169 Å². The molecule has 0 bridgehead atoms. The molecule has 0 spiro atoms. The molecule has 2 aliphatic heterocycles. The average Bonchev–Trinajstić information content (AvgIpc) is 3.76. The number of carbonyl (C=O) groups is 3. The van der Waals surface area contributed by atoms with Crippen molar-refractivity contribution in [1.82, 2.24) is 0 Å². The lowest BCUT2D eigenvalue weighted by Crippen LogP contribution is -2.38. The summed E-state index contributed by atoms with van der Waals surface area (Å²) in [5.74, 6) is -1.44. The first kappa shape index (κ1) is 36.5. The molecule has 2 aliphatic rings. The highest BCUT2D eigenvalue weighted by Gasteiger charge is 2.40. The van der Waals surface area contributed by atoms with E-state index >= 15 is 0 Å². The van der Waals surface area contributed by atoms with Crippen molar-refractivity contribution < 1.29 is 24.2 Å². The molecule has 2 amide bonds. The predicted octanol–water partition coefficient (Wildman–Crippen LogP) is 8.40. The Hall–Kier alpha value is -8.45. The summed E-state index contributed by atoms with van der Waals surface area (Å²) < 4.78 is 0. The molecule has 6 aromatic carbocycles. The molecule has 0 fully saturated rings. The van der Waals surface area contributed by atoms with Crippen molar-refractivity contribution in [3.8, 4) is 0 Å². The van der Waals surface area contributed by atoms with E-state index in [4.69, 9.17) is 9.98 Å². The Morgan fingerprint density at radius 3 is 1.38 bits per heavy atom. The van der Waals surface area contributed by atoms with Crippen LogP contribution < -0.4 is 9.80 Å². The van der Waals surface area contributed by atoms with Gasteiger partial charge in [0, 0.05) is 34.4 Å². The van der Waals surface area contributed by atoms with Crippen LogP contribution in [0.15, 0.2) is 179 Å². The van der Waals surface area contributed by atoms with E-state index in [1.54, 1.807) is 103 Å². The molecule has 0 aromatic heterocycles. The van der Waals surface area contributed by atoms with Crippen LogP contribution in [0.3, 0.4) is 0 Å². The lowest BCUT2D eigenvalue weighted by atomic mass is 10.0. The highest BCUT2D eigenvalue weighted by atomic mass is 16.6. The third-order valence-corrected chi connectivity index (χ3v) is 9.39. The van der Waals surface area contributed by atoms with E-state index in [0.29, 0.717) is 16.7 Å². The minimum atomic E-state index is -0.692. The number of hydrogen-bond donors (Lipinski definition) is 0. The van der Waals surface area contributed by atoms with Crippen LogP contribution in [0.1, 0.15) is 38.2 Å². The van der Waals surface area contributed by atoms with E-state index in [1.165, 1.54) is 76.5 Å². The van der Waals surface area contributed by atoms with Crippen LogP contribution in [-0.2, 0) is 9.59 Å². The van der Waals surface area contributed by atoms with Crippen molar-refractivity contribution in [3.63, 3.8) is 0 Å². The van der Waals surface area contributed by atoms with E-state index in [1.807, 2.05) is 0 Å². The van der Waals surface area contributed by atoms with E-state index < -0.39 is 21.7 Å². The van der Waals surface area contributed by atoms with Crippen molar-refractivity contribution in [2.24, 2.45) is 9.98 Å². The van der Waals surface area contributed by atoms with Gasteiger partial charge in [0.15, 0.2) is 5.78 Å². The third kappa shape index (κ3) is 6.86. The second-order valence-electron chi connectivity index (χ2n) is 13.0. The predicted molar refractivity (Wildman–Crippen MR) is 219 cm³/mol. The molecule has 0 aliphatic carbocycles. The molecule has 6 aromatic rings. The number of amidine groups is 2. The van der Waals surface area contributed by atoms with Gasteiger partial charge in [0.05, 0.1) is 32.3 Å². The van der Waals surface area contributed by atoms with Crippen LogP contribution >= 0.6 is 0 Å². The Morgan fingerprint density at radius 1 is 0.500 bits per heavy atom. The third-order valence-electron chi connectivity index (χ3n) is 9.39. The first-order valence-electron chi connectivity index (χ1n) is 17.8. The highest BCUT2D eigenvalue weighted by Crippen LogP contribution is 2.40. The molecular formula is C45H28N6O7. The number of nitro groups is 2. The van der Waals surface area contributed by atoms with Gasteiger partial charge in [-0.3, -0.25) is 44.4 Å². The van der Waals surface area contributed by atoms with Gasteiger partial charge < -0.3 is 0 Å². The fourth-order valence-electron chi connectivity index (χ4n) is 6.68. The number of aliphatic imine (C=N–C) groups is 2. The van der Waals surface area contributed by atoms with Gasteiger partial charge in [-0.2, -0.15) is 0 Å². The van der Waals surface area contributed by atoms with Crippen LogP contribution in [0, 0.1) is 20.2 Å². The van der Waals surface area contributed by atoms with Crippen LogP contribution in [0.4, 0.5) is 22.7 Å². The Balaban J connectivity index is 1.36. The first-order valence-corrected chi connectivity index (χ1v) is 17.8. The molecule has 13 nitrogen and oxygen atoms in total. The average molecular weight is 765 g/mol. The number of anilines is 2. The molecule has 0 saturated heterocycles. The van der Waals surface area contributed by atoms with Gasteiger partial charge >= 0.3 is 0 Å². The van der Waals surface area contributed by atoms with Gasteiger partial charge in [0.25, 0.3) is 23.2 Å². The van der Waals surface area contributed by atoms with Gasteiger partial charge in [0.2, 0.25) is 0 Å². The number of ketones is 1. The van der Waals surface area contributed by atoms with Crippen molar-refractivity contribution in [1.29, 1.82) is 0 Å². The zero-order chi connectivity index (χ0) is 40.3. The van der Waals surface area contributed by atoms with Crippen molar-refractivity contribution in [2.75, 3.05) is 9.80 Å². The van der Waals surface area contributed by atoms with E-state index in [9.17, 15) is 34.6 Å². The van der Waals surface area contributed by atoms with Crippen LogP contribution in [0.25, 0.3) is 12.2 Å². The summed E-state index contributed by atoms with van der Waals surface area (Å²) in [6, 6.07) is 42.6. The van der Waals surface area contributed by atoms with Crippen LogP contribution in [0.2, 0.25) is 0 Å². The maximum absolute atomic E-state index is 14.8. The zero-order valence-electron chi connectivity index (χ0n) is 30.2. The number of para-hydroxylation sites is 2. The molecule has 0 saturated carbocycles. The lowest BCUT2D eigenvalue weighted by molar-refractivity contribution is -0.385. The summed E-state index contributed by atoms with van der Waals surface area (Å²) in [4.78, 5) is 78.3. The van der Waals surface area contributed by atoms with Gasteiger partial charge in [-0.25, -0.2) is 9.98 Å². The number of amides is 2. The maximum Gasteiger partial charge on any atom is 0.282 e. The van der Waals surface area contributed by atoms with E-state index in [2.05, 4.69) is 0 Å². The Labute approximate surface area is 330 Å². The number of carbonyl (C=O) groups excluding carboxylic acids is 3. The normalized spacial score (nSPS) is 15.2. The second-order valence-corrected chi connectivity index (χ2v) is 13.0. The molecule has 8 rings (SSSR count). The van der Waals surface area contributed by atoms with Crippen molar-refractivity contribution in [3.05, 3.63) is 223 Å². The molecular weight excluding hydrogens is 737 g/mol. The summed E-state index contributed by atoms with van der Waals surface area (Å²) in [5.41, 5.74) is 1.33. The number of hydrogen-bond acceptors (Lipinski definition) is 9. The standard InChI is InChI=1S/C45H28N6O7/c52-41(29-14-4-1-5-15-29)34-24-25-39(48-42(30-16-6-2-7-17-30)46-35(44(48)53)26-32-20-10-12-22-37(32)50(55)56)40(28-34)49-43(31-18-8-3-9-19-31)47-36(45(49)54)27-33-21-11-13-23-38(33)51(57)58/h1-28H/b35-26-,36-27-. The summed E-state index contributed by atoms with van der Waals surface area (Å²) in [7, 11) is 0. The number of nitrogens with zero attached hydrogens (tertiary/aromatic N) is 6. The second kappa shape index (κ2) is 15.4. The summed E-state index contributed by atoms with van der Waals surface area (Å²) >= 11 is 0. The molecule has 13 heteroatoms. The Bertz CT molecular complexity index is 2800. The first-order chi connectivity index (χ1) is 28.2. The maximum atomic E-state index is 14.8. The van der Waals surface area contributed by atoms with Gasteiger partial charge in [-0.05, 0) is 42.5 Å². The monoisotopic (exact) mass is 764 g/mol. The quantitative estimate of drug-likeness (QED) is 0.0584. The summed E-state index contributed by atoms with van der Waals surface area (Å²) in [5, 5.41) is 23.9. The Kier molecular flexibility index (Phi) is 9.67. The smallest absolute Gasteiger partial charge is 0.282 e. The molecule has 2 heterocycles. The zero-order valence-corrected chi connectivity index (χ0v) is 30.2. The van der Waals surface area contributed by atoms with Crippen molar-refractivity contribution in [2.45, 2.75) is 0 Å². The highest BCUT2D eigenvalue weighted by molar-refractivity contribution is 6.38. The number of nitro benzene ring substituents is 2. The molecule has 0 N–H and O–H groups in total. The largest absolute Gasteiger partial charge is 0.289 e. The SMILES string of the molecule is O=C(c1ccccc1)c1ccc(N2C(=O)/C(=C/c3ccccc3[N+](=O)[O-])N=C2c2ccccc2)c(N2C(=O)/C(=C/c3ccccc3[N+](=O)[O-])N=C2c2ccccc2)c1. The lowest BCUT2D eigenvalue weighted by Gasteiger charge is -2.27. The van der Waals surface area contributed by atoms with Gasteiger partial charge in [0.1, 0.15) is 23.1 Å². The summed E-state index contributed by atoms with van der Waals surface area (Å²) in [6.45, 7) is 0. The van der Waals surface area contributed by atoms with E-state index in [-0.39, 0.29) is 68.3 Å². The minimum absolute atomic E-state index is 0.0734. The molecule has 0 radical (unpaired) electrons. The fourth-order valence-corrected chi connectivity index (χ4v) is 6.68. The molecule has 0 unspecified atom stereocenters. The number of benzene rings is 6. The minimum Gasteiger partial charge on any atom is -0.289 e. The molecule has 280 valence electrons. The summed E-state index contributed by atoms with van der Waals surface area (Å²) in [6.07, 6.45) is 2.66.